The Hall–Kier alpha value is -2.27. The van der Waals surface area contributed by atoms with Gasteiger partial charge in [-0.3, -0.25) is 10.1 Å². The molecule has 0 bridgehead atoms. The third-order valence-electron chi connectivity index (χ3n) is 3.46. The number of aryl methyl sites for hydroxylation is 1. The molecule has 2 aromatic carbocycles. The van der Waals surface area contributed by atoms with Crippen LogP contribution in [0.4, 0.5) is 10.1 Å². The lowest BCUT2D eigenvalue weighted by molar-refractivity contribution is -0.385. The molecular formula is C16H17FN2O2. The van der Waals surface area contributed by atoms with Gasteiger partial charge in [0, 0.05) is 24.2 Å². The summed E-state index contributed by atoms with van der Waals surface area (Å²) in [7, 11) is 0. The van der Waals surface area contributed by atoms with E-state index < -0.39 is 0 Å². The van der Waals surface area contributed by atoms with Crippen molar-refractivity contribution in [2.75, 3.05) is 0 Å². The molecule has 110 valence electrons. The van der Waals surface area contributed by atoms with Gasteiger partial charge in [-0.2, -0.15) is 0 Å². The first kappa shape index (κ1) is 15.1. The Kier molecular flexibility index (Phi) is 4.65. The van der Waals surface area contributed by atoms with Crippen molar-refractivity contribution in [3.05, 3.63) is 75.1 Å². The number of benzene rings is 2. The normalized spacial score (nSPS) is 12.1. The van der Waals surface area contributed by atoms with Crippen LogP contribution in [0.3, 0.4) is 0 Å². The summed E-state index contributed by atoms with van der Waals surface area (Å²) in [5.41, 5.74) is 2.59. The Bertz CT molecular complexity index is 641. The molecule has 21 heavy (non-hydrogen) atoms. The lowest BCUT2D eigenvalue weighted by Crippen LogP contribution is -2.18. The van der Waals surface area contributed by atoms with Crippen LogP contribution in [0.1, 0.15) is 29.7 Å². The van der Waals surface area contributed by atoms with Gasteiger partial charge in [0.15, 0.2) is 0 Å². The molecule has 2 aromatic rings. The fraction of sp³-hybridized carbons (Fsp3) is 0.250. The van der Waals surface area contributed by atoms with Gasteiger partial charge in [0.25, 0.3) is 5.69 Å². The average Bonchev–Trinajstić information content (AvgIpc) is 2.46. The van der Waals surface area contributed by atoms with Crippen LogP contribution in [-0.2, 0) is 6.54 Å². The molecule has 0 aliphatic carbocycles. The maximum absolute atomic E-state index is 12.8. The van der Waals surface area contributed by atoms with Gasteiger partial charge in [-0.05, 0) is 37.1 Å². The SMILES string of the molecule is Cc1ccc(C(C)NCc2ccc(F)cc2)cc1[N+](=O)[O-]. The molecule has 0 aromatic heterocycles. The van der Waals surface area contributed by atoms with Crippen molar-refractivity contribution < 1.29 is 9.31 Å². The molecule has 1 N–H and O–H groups in total. The van der Waals surface area contributed by atoms with Gasteiger partial charge in [-0.25, -0.2) is 4.39 Å². The minimum absolute atomic E-state index is 0.0330. The van der Waals surface area contributed by atoms with E-state index in [0.29, 0.717) is 12.1 Å². The predicted molar refractivity (Wildman–Crippen MR) is 79.5 cm³/mol. The summed E-state index contributed by atoms with van der Waals surface area (Å²) >= 11 is 0. The van der Waals surface area contributed by atoms with Gasteiger partial charge in [-0.15, -0.1) is 0 Å². The largest absolute Gasteiger partial charge is 0.306 e. The maximum atomic E-state index is 12.8. The third-order valence-corrected chi connectivity index (χ3v) is 3.46. The number of rotatable bonds is 5. The zero-order chi connectivity index (χ0) is 15.4. The monoisotopic (exact) mass is 288 g/mol. The molecule has 0 radical (unpaired) electrons. The maximum Gasteiger partial charge on any atom is 0.272 e. The molecule has 4 nitrogen and oxygen atoms in total. The van der Waals surface area contributed by atoms with E-state index in [4.69, 9.17) is 0 Å². The van der Waals surface area contributed by atoms with Crippen molar-refractivity contribution >= 4 is 5.69 Å². The predicted octanol–water partition coefficient (Wildman–Crippen LogP) is 3.89. The molecule has 0 saturated carbocycles. The second kappa shape index (κ2) is 6.45. The smallest absolute Gasteiger partial charge is 0.272 e. The average molecular weight is 288 g/mol. The standard InChI is InChI=1S/C16H17FN2O2/c1-11-3-6-14(9-16(11)19(20)21)12(2)18-10-13-4-7-15(17)8-5-13/h3-9,12,18H,10H2,1-2H3. The second-order valence-corrected chi connectivity index (χ2v) is 5.03. The van der Waals surface area contributed by atoms with E-state index in [9.17, 15) is 14.5 Å². The number of hydrogen-bond acceptors (Lipinski definition) is 3. The number of nitrogens with zero attached hydrogens (tertiary/aromatic N) is 1. The summed E-state index contributed by atoms with van der Waals surface area (Å²) < 4.78 is 12.8. The highest BCUT2D eigenvalue weighted by Crippen LogP contribution is 2.23. The van der Waals surface area contributed by atoms with E-state index in [1.54, 1.807) is 31.2 Å². The number of halogens is 1. The van der Waals surface area contributed by atoms with Crippen molar-refractivity contribution in [2.45, 2.75) is 26.4 Å². The minimum atomic E-state index is -0.370. The topological polar surface area (TPSA) is 55.2 Å². The molecule has 5 heteroatoms. The first-order chi connectivity index (χ1) is 9.97. The molecule has 0 aliphatic rings. The van der Waals surface area contributed by atoms with E-state index in [2.05, 4.69) is 5.32 Å². The molecule has 1 atom stereocenters. The van der Waals surface area contributed by atoms with Gasteiger partial charge < -0.3 is 5.32 Å². The van der Waals surface area contributed by atoms with E-state index in [1.165, 1.54) is 12.1 Å². The quantitative estimate of drug-likeness (QED) is 0.670. The minimum Gasteiger partial charge on any atom is -0.306 e. The summed E-state index contributed by atoms with van der Waals surface area (Å²) in [6.45, 7) is 4.24. The number of hydrogen-bond donors (Lipinski definition) is 1. The lowest BCUT2D eigenvalue weighted by Gasteiger charge is -2.14. The highest BCUT2D eigenvalue weighted by Gasteiger charge is 2.14. The van der Waals surface area contributed by atoms with Crippen molar-refractivity contribution in [3.63, 3.8) is 0 Å². The first-order valence-corrected chi connectivity index (χ1v) is 6.70. The number of nitro benzene ring substituents is 1. The van der Waals surface area contributed by atoms with Crippen molar-refractivity contribution in [2.24, 2.45) is 0 Å². The Labute approximate surface area is 122 Å². The summed E-state index contributed by atoms with van der Waals surface area (Å²) in [6.07, 6.45) is 0. The zero-order valence-corrected chi connectivity index (χ0v) is 12.0. The summed E-state index contributed by atoms with van der Waals surface area (Å²) in [5, 5.41) is 14.2. The van der Waals surface area contributed by atoms with Gasteiger partial charge in [0.2, 0.25) is 0 Å². The molecule has 0 aliphatic heterocycles. The molecule has 1 unspecified atom stereocenters. The molecule has 0 fully saturated rings. The fourth-order valence-corrected chi connectivity index (χ4v) is 2.08. The van der Waals surface area contributed by atoms with E-state index in [-0.39, 0.29) is 22.5 Å². The fourth-order valence-electron chi connectivity index (χ4n) is 2.08. The van der Waals surface area contributed by atoms with Crippen LogP contribution < -0.4 is 5.32 Å². The Balaban J connectivity index is 2.06. The first-order valence-electron chi connectivity index (χ1n) is 6.70. The van der Waals surface area contributed by atoms with Crippen LogP contribution in [0, 0.1) is 22.9 Å². The summed E-state index contributed by atoms with van der Waals surface area (Å²) in [6, 6.07) is 11.5. The van der Waals surface area contributed by atoms with Crippen LogP contribution in [0.5, 0.6) is 0 Å². The highest BCUT2D eigenvalue weighted by molar-refractivity contribution is 5.43. The van der Waals surface area contributed by atoms with E-state index >= 15 is 0 Å². The molecule has 0 spiro atoms. The highest BCUT2D eigenvalue weighted by atomic mass is 19.1. The Morgan fingerprint density at radius 3 is 2.52 bits per heavy atom. The van der Waals surface area contributed by atoms with Gasteiger partial charge in [-0.1, -0.05) is 24.3 Å². The van der Waals surface area contributed by atoms with E-state index in [1.807, 2.05) is 13.0 Å². The van der Waals surface area contributed by atoms with Crippen molar-refractivity contribution in [1.82, 2.24) is 5.32 Å². The molecule has 0 amide bonds. The van der Waals surface area contributed by atoms with Crippen LogP contribution in [0.2, 0.25) is 0 Å². The Morgan fingerprint density at radius 1 is 1.24 bits per heavy atom. The van der Waals surface area contributed by atoms with E-state index in [0.717, 1.165) is 11.1 Å². The summed E-state index contributed by atoms with van der Waals surface area (Å²) in [4.78, 5) is 10.6. The van der Waals surface area contributed by atoms with Crippen molar-refractivity contribution in [1.29, 1.82) is 0 Å². The summed E-state index contributed by atoms with van der Waals surface area (Å²) in [5.74, 6) is -0.263. The van der Waals surface area contributed by atoms with Crippen LogP contribution >= 0.6 is 0 Å². The van der Waals surface area contributed by atoms with Crippen LogP contribution in [-0.4, -0.2) is 4.92 Å². The van der Waals surface area contributed by atoms with Crippen molar-refractivity contribution in [3.8, 4) is 0 Å². The zero-order valence-electron chi connectivity index (χ0n) is 12.0. The lowest BCUT2D eigenvalue weighted by atomic mass is 10.0. The Morgan fingerprint density at radius 2 is 1.90 bits per heavy atom. The molecule has 2 rings (SSSR count). The van der Waals surface area contributed by atoms with Gasteiger partial charge >= 0.3 is 0 Å². The van der Waals surface area contributed by atoms with Crippen LogP contribution in [0.25, 0.3) is 0 Å². The second-order valence-electron chi connectivity index (χ2n) is 5.03. The van der Waals surface area contributed by atoms with Crippen LogP contribution in [0.15, 0.2) is 42.5 Å². The molecule has 0 saturated heterocycles. The number of nitro groups is 1. The van der Waals surface area contributed by atoms with Gasteiger partial charge in [0.1, 0.15) is 5.82 Å². The number of nitrogens with one attached hydrogen (secondary N) is 1. The third kappa shape index (κ3) is 3.86. The molecular weight excluding hydrogens is 271 g/mol. The molecule has 0 heterocycles. The van der Waals surface area contributed by atoms with Gasteiger partial charge in [0.05, 0.1) is 4.92 Å².